The number of rotatable bonds is 5. The first-order chi connectivity index (χ1) is 9.77. The van der Waals surface area contributed by atoms with Gasteiger partial charge < -0.3 is 16.0 Å². The van der Waals surface area contributed by atoms with Crippen LogP contribution >= 0.6 is 12.4 Å². The molecule has 0 atom stereocenters. The predicted molar refractivity (Wildman–Crippen MR) is 89.8 cm³/mol. The molecule has 1 aliphatic rings. The second kappa shape index (κ2) is 7.11. The van der Waals surface area contributed by atoms with Crippen molar-refractivity contribution in [2.75, 3.05) is 5.32 Å². The van der Waals surface area contributed by atoms with Crippen molar-refractivity contribution in [1.29, 1.82) is 0 Å². The number of carbonyl (C=O) groups excluding carboxylic acids is 2. The van der Waals surface area contributed by atoms with Crippen LogP contribution in [0.4, 0.5) is 5.69 Å². The lowest BCUT2D eigenvalue weighted by molar-refractivity contribution is -0.130. The summed E-state index contributed by atoms with van der Waals surface area (Å²) in [6.07, 6.45) is 2.19. The minimum absolute atomic E-state index is 0. The predicted octanol–water partition coefficient (Wildman–Crippen LogP) is 2.30. The molecule has 0 aromatic heterocycles. The monoisotopic (exact) mass is 325 g/mol. The van der Waals surface area contributed by atoms with E-state index in [0.29, 0.717) is 18.3 Å². The van der Waals surface area contributed by atoms with Crippen molar-refractivity contribution in [3.05, 3.63) is 29.8 Å². The van der Waals surface area contributed by atoms with Crippen LogP contribution < -0.4 is 11.1 Å². The van der Waals surface area contributed by atoms with Crippen LogP contribution in [-0.4, -0.2) is 28.3 Å². The minimum Gasteiger partial charge on any atom is -0.336 e. The van der Waals surface area contributed by atoms with Crippen LogP contribution in [0.1, 0.15) is 39.2 Å². The number of halogens is 1. The highest BCUT2D eigenvalue weighted by Gasteiger charge is 2.30. The molecule has 1 fully saturated rings. The number of anilines is 1. The standard InChI is InChI=1S/C16H23N3O2.ClH/c1-11(20)19(14-8-9-14)10-12-4-6-13(7-5-12)18-15(21)16(2,3)17;/h4-7,14H,8-10,17H2,1-3H3,(H,18,21);1H. The lowest BCUT2D eigenvalue weighted by Gasteiger charge is -2.21. The molecule has 3 N–H and O–H groups in total. The number of carbonyl (C=O) groups is 2. The molecule has 0 aliphatic heterocycles. The smallest absolute Gasteiger partial charge is 0.243 e. The van der Waals surface area contributed by atoms with E-state index in [1.165, 1.54) is 0 Å². The van der Waals surface area contributed by atoms with Gasteiger partial charge in [-0.05, 0) is 44.4 Å². The molecule has 0 unspecified atom stereocenters. The number of hydrogen-bond donors (Lipinski definition) is 2. The number of amides is 2. The van der Waals surface area contributed by atoms with Crippen molar-refractivity contribution in [2.45, 2.75) is 51.7 Å². The molecule has 2 rings (SSSR count). The highest BCUT2D eigenvalue weighted by atomic mass is 35.5. The third kappa shape index (κ3) is 5.00. The summed E-state index contributed by atoms with van der Waals surface area (Å²) >= 11 is 0. The van der Waals surface area contributed by atoms with E-state index in [-0.39, 0.29) is 24.2 Å². The molecule has 0 spiro atoms. The molecule has 22 heavy (non-hydrogen) atoms. The Kier molecular flexibility index (Phi) is 5.97. The zero-order valence-corrected chi connectivity index (χ0v) is 14.1. The second-order valence-corrected chi connectivity index (χ2v) is 6.25. The Balaban J connectivity index is 0.00000242. The van der Waals surface area contributed by atoms with Gasteiger partial charge in [0, 0.05) is 25.2 Å². The Morgan fingerprint density at radius 2 is 1.82 bits per heavy atom. The Morgan fingerprint density at radius 1 is 1.27 bits per heavy atom. The van der Waals surface area contributed by atoms with Crippen molar-refractivity contribution in [1.82, 2.24) is 4.90 Å². The molecular formula is C16H24ClN3O2. The van der Waals surface area contributed by atoms with E-state index in [9.17, 15) is 9.59 Å². The molecule has 5 nitrogen and oxygen atoms in total. The molecule has 1 saturated carbocycles. The fourth-order valence-electron chi connectivity index (χ4n) is 2.07. The number of nitrogens with two attached hydrogens (primary N) is 1. The van der Waals surface area contributed by atoms with Gasteiger partial charge in [0.25, 0.3) is 0 Å². The van der Waals surface area contributed by atoms with Crippen molar-refractivity contribution in [3.63, 3.8) is 0 Å². The molecular weight excluding hydrogens is 302 g/mol. The topological polar surface area (TPSA) is 75.4 Å². The molecule has 6 heteroatoms. The van der Waals surface area contributed by atoms with Crippen molar-refractivity contribution in [3.8, 4) is 0 Å². The molecule has 2 amide bonds. The van der Waals surface area contributed by atoms with E-state index in [4.69, 9.17) is 5.73 Å². The van der Waals surface area contributed by atoms with Crippen LogP contribution in [0, 0.1) is 0 Å². The van der Waals surface area contributed by atoms with Gasteiger partial charge >= 0.3 is 0 Å². The maximum Gasteiger partial charge on any atom is 0.243 e. The summed E-state index contributed by atoms with van der Waals surface area (Å²) in [6, 6.07) is 7.93. The molecule has 0 radical (unpaired) electrons. The van der Waals surface area contributed by atoms with Crippen molar-refractivity contribution in [2.24, 2.45) is 5.73 Å². The Hall–Kier alpha value is -1.59. The van der Waals surface area contributed by atoms with Gasteiger partial charge in [0.2, 0.25) is 11.8 Å². The molecule has 1 aromatic rings. The third-order valence-corrected chi connectivity index (χ3v) is 3.54. The van der Waals surface area contributed by atoms with Crippen LogP contribution in [-0.2, 0) is 16.1 Å². The molecule has 1 aromatic carbocycles. The second-order valence-electron chi connectivity index (χ2n) is 6.25. The van der Waals surface area contributed by atoms with Crippen LogP contribution in [0.3, 0.4) is 0 Å². The fraction of sp³-hybridized carbons (Fsp3) is 0.500. The van der Waals surface area contributed by atoms with E-state index in [0.717, 1.165) is 18.4 Å². The largest absolute Gasteiger partial charge is 0.336 e. The van der Waals surface area contributed by atoms with Gasteiger partial charge in [-0.15, -0.1) is 12.4 Å². The van der Waals surface area contributed by atoms with E-state index in [2.05, 4.69) is 5.32 Å². The van der Waals surface area contributed by atoms with E-state index in [1.54, 1.807) is 20.8 Å². The fourth-order valence-corrected chi connectivity index (χ4v) is 2.07. The quantitative estimate of drug-likeness (QED) is 0.872. The average molecular weight is 326 g/mol. The lowest BCUT2D eigenvalue weighted by atomic mass is 10.1. The van der Waals surface area contributed by atoms with Crippen LogP contribution in [0.2, 0.25) is 0 Å². The number of nitrogens with one attached hydrogen (secondary N) is 1. The van der Waals surface area contributed by atoms with Gasteiger partial charge in [-0.2, -0.15) is 0 Å². The first kappa shape index (κ1) is 18.5. The highest BCUT2D eigenvalue weighted by molar-refractivity contribution is 5.97. The Labute approximate surface area is 137 Å². The van der Waals surface area contributed by atoms with Gasteiger partial charge in [-0.3, -0.25) is 9.59 Å². The number of hydrogen-bond acceptors (Lipinski definition) is 3. The van der Waals surface area contributed by atoms with E-state index < -0.39 is 5.54 Å². The van der Waals surface area contributed by atoms with E-state index >= 15 is 0 Å². The van der Waals surface area contributed by atoms with Gasteiger partial charge in [0.15, 0.2) is 0 Å². The van der Waals surface area contributed by atoms with Crippen LogP contribution in [0.15, 0.2) is 24.3 Å². The number of benzene rings is 1. The maximum atomic E-state index is 11.8. The summed E-state index contributed by atoms with van der Waals surface area (Å²) in [4.78, 5) is 25.3. The highest BCUT2D eigenvalue weighted by Crippen LogP contribution is 2.28. The lowest BCUT2D eigenvalue weighted by Crippen LogP contribution is -2.45. The summed E-state index contributed by atoms with van der Waals surface area (Å²) in [6.45, 7) is 5.56. The molecule has 122 valence electrons. The third-order valence-electron chi connectivity index (χ3n) is 3.54. The maximum absolute atomic E-state index is 11.8. The van der Waals surface area contributed by atoms with Crippen molar-refractivity contribution >= 4 is 29.9 Å². The first-order valence-corrected chi connectivity index (χ1v) is 7.24. The van der Waals surface area contributed by atoms with Gasteiger partial charge in [0.1, 0.15) is 0 Å². The van der Waals surface area contributed by atoms with Gasteiger partial charge in [-0.25, -0.2) is 0 Å². The van der Waals surface area contributed by atoms with Gasteiger partial charge in [0.05, 0.1) is 5.54 Å². The first-order valence-electron chi connectivity index (χ1n) is 7.24. The Morgan fingerprint density at radius 3 is 2.23 bits per heavy atom. The summed E-state index contributed by atoms with van der Waals surface area (Å²) in [5, 5.41) is 2.78. The normalized spacial score (nSPS) is 14.0. The molecule has 0 bridgehead atoms. The van der Waals surface area contributed by atoms with Gasteiger partial charge in [-0.1, -0.05) is 12.1 Å². The van der Waals surface area contributed by atoms with Crippen LogP contribution in [0.5, 0.6) is 0 Å². The number of nitrogens with zero attached hydrogens (tertiary/aromatic N) is 1. The SMILES string of the molecule is CC(=O)N(Cc1ccc(NC(=O)C(C)(C)N)cc1)C1CC1.Cl. The minimum atomic E-state index is -0.907. The summed E-state index contributed by atoms with van der Waals surface area (Å²) in [5.74, 6) is -0.113. The molecule has 1 aliphatic carbocycles. The van der Waals surface area contributed by atoms with Crippen molar-refractivity contribution < 1.29 is 9.59 Å². The molecule has 0 saturated heterocycles. The summed E-state index contributed by atoms with van der Waals surface area (Å²) < 4.78 is 0. The summed E-state index contributed by atoms with van der Waals surface area (Å²) in [5.41, 5.74) is 6.60. The van der Waals surface area contributed by atoms with Crippen LogP contribution in [0.25, 0.3) is 0 Å². The Bertz CT molecular complexity index is 533. The summed E-state index contributed by atoms with van der Waals surface area (Å²) in [7, 11) is 0. The molecule has 0 heterocycles. The average Bonchev–Trinajstić information content (AvgIpc) is 3.20. The zero-order chi connectivity index (χ0) is 15.6. The van der Waals surface area contributed by atoms with E-state index in [1.807, 2.05) is 29.2 Å². The zero-order valence-electron chi connectivity index (χ0n) is 13.3.